The highest BCUT2D eigenvalue weighted by molar-refractivity contribution is 5.79. The second kappa shape index (κ2) is 20.6. The van der Waals surface area contributed by atoms with Gasteiger partial charge in [-0.1, -0.05) is 48.1 Å². The summed E-state index contributed by atoms with van der Waals surface area (Å²) in [6, 6.07) is 1.40. The van der Waals surface area contributed by atoms with Gasteiger partial charge in [0.05, 0.1) is 19.7 Å². The number of amides is 2. The zero-order valence-electron chi connectivity index (χ0n) is 30.5. The molecule has 1 aromatic rings. The molecule has 0 saturated heterocycles. The quantitative estimate of drug-likeness (QED) is 0.0915. The van der Waals surface area contributed by atoms with E-state index >= 15 is 0 Å². The number of nitrogens with two attached hydrogens (primary N) is 2. The highest BCUT2D eigenvalue weighted by atomic mass is 16.5. The van der Waals surface area contributed by atoms with E-state index in [1.807, 2.05) is 20.0 Å². The molecule has 1 aliphatic rings. The van der Waals surface area contributed by atoms with Crippen molar-refractivity contribution in [3.05, 3.63) is 35.7 Å². The van der Waals surface area contributed by atoms with Gasteiger partial charge in [0.25, 0.3) is 0 Å². The standard InChI is InChI=1S/C37H65N5O5/c1-23(2)30(17-28-16-29(12-10-11-15-45-8)37(46-9)41-22-28)18-32(39)33(47-26(7)35(25(5)6)42-34(43)20-38)19-31(24(3)4)36(44)40-21-27-13-14-27/h16,22-25,27,30-33,35H,7,10-15,17-21,38-39H2,1-6,8-9H3,(H,40,44)(H,42,43)/t30?,31?,32-,33?,35?/m0/s1. The second-order valence-corrected chi connectivity index (χ2v) is 14.5. The summed E-state index contributed by atoms with van der Waals surface area (Å²) >= 11 is 0. The van der Waals surface area contributed by atoms with E-state index in [1.54, 1.807) is 14.2 Å². The Bertz CT molecular complexity index is 1110. The first-order valence-electron chi connectivity index (χ1n) is 17.7. The van der Waals surface area contributed by atoms with Crippen LogP contribution in [0.2, 0.25) is 0 Å². The van der Waals surface area contributed by atoms with Crippen molar-refractivity contribution in [2.45, 2.75) is 111 Å². The molecule has 6 N–H and O–H groups in total. The molecule has 10 nitrogen and oxygen atoms in total. The van der Waals surface area contributed by atoms with Crippen molar-refractivity contribution >= 4 is 11.8 Å². The summed E-state index contributed by atoms with van der Waals surface area (Å²) in [5.74, 6) is 1.85. The molecule has 0 aromatic carbocycles. The molecule has 268 valence electrons. The lowest BCUT2D eigenvalue weighted by Crippen LogP contribution is -2.47. The molecule has 2 amide bonds. The molecule has 1 saturated carbocycles. The molecule has 47 heavy (non-hydrogen) atoms. The number of methoxy groups -OCH3 is 2. The lowest BCUT2D eigenvalue weighted by molar-refractivity contribution is -0.128. The van der Waals surface area contributed by atoms with E-state index in [4.69, 9.17) is 25.7 Å². The molecule has 0 bridgehead atoms. The van der Waals surface area contributed by atoms with Gasteiger partial charge in [-0.2, -0.15) is 0 Å². The predicted octanol–water partition coefficient (Wildman–Crippen LogP) is 4.78. The highest BCUT2D eigenvalue weighted by Gasteiger charge is 2.34. The summed E-state index contributed by atoms with van der Waals surface area (Å²) in [5.41, 5.74) is 14.9. The summed E-state index contributed by atoms with van der Waals surface area (Å²) in [5, 5.41) is 6.12. The van der Waals surface area contributed by atoms with Crippen LogP contribution in [-0.2, 0) is 31.9 Å². The normalized spacial score (nSPS) is 16.4. The largest absolute Gasteiger partial charge is 0.492 e. The number of nitrogens with one attached hydrogen (secondary N) is 2. The maximum Gasteiger partial charge on any atom is 0.234 e. The summed E-state index contributed by atoms with van der Waals surface area (Å²) in [6.07, 6.45) is 8.53. The lowest BCUT2D eigenvalue weighted by atomic mass is 9.80. The molecule has 0 aliphatic heterocycles. The van der Waals surface area contributed by atoms with Gasteiger partial charge in [0, 0.05) is 44.0 Å². The number of aryl methyl sites for hydroxylation is 1. The average Bonchev–Trinajstić information content (AvgIpc) is 3.86. The molecule has 0 radical (unpaired) electrons. The summed E-state index contributed by atoms with van der Waals surface area (Å²) in [4.78, 5) is 30.3. The Labute approximate surface area is 284 Å². The van der Waals surface area contributed by atoms with Gasteiger partial charge in [-0.15, -0.1) is 0 Å². The van der Waals surface area contributed by atoms with Gasteiger partial charge in [0.2, 0.25) is 17.7 Å². The van der Waals surface area contributed by atoms with Crippen molar-refractivity contribution in [1.82, 2.24) is 15.6 Å². The van der Waals surface area contributed by atoms with Crippen LogP contribution >= 0.6 is 0 Å². The lowest BCUT2D eigenvalue weighted by Gasteiger charge is -2.35. The van der Waals surface area contributed by atoms with Crippen LogP contribution in [0.25, 0.3) is 0 Å². The smallest absolute Gasteiger partial charge is 0.234 e. The van der Waals surface area contributed by atoms with E-state index in [0.717, 1.165) is 43.4 Å². The first kappa shape index (κ1) is 40.5. The first-order valence-corrected chi connectivity index (χ1v) is 17.7. The van der Waals surface area contributed by atoms with Gasteiger partial charge >= 0.3 is 0 Å². The molecular formula is C37H65N5O5. The van der Waals surface area contributed by atoms with E-state index in [9.17, 15) is 9.59 Å². The average molecular weight is 660 g/mol. The monoisotopic (exact) mass is 659 g/mol. The zero-order chi connectivity index (χ0) is 35.1. The predicted molar refractivity (Wildman–Crippen MR) is 189 cm³/mol. The van der Waals surface area contributed by atoms with E-state index in [1.165, 1.54) is 12.8 Å². The summed E-state index contributed by atoms with van der Waals surface area (Å²) in [6.45, 7) is 18.1. The van der Waals surface area contributed by atoms with Crippen LogP contribution in [0.15, 0.2) is 24.6 Å². The number of rotatable bonds is 24. The molecule has 5 atom stereocenters. The van der Waals surface area contributed by atoms with Crippen LogP contribution in [0.4, 0.5) is 0 Å². The van der Waals surface area contributed by atoms with Gasteiger partial charge in [-0.05, 0) is 92.6 Å². The van der Waals surface area contributed by atoms with Gasteiger partial charge in [0.15, 0.2) is 0 Å². The third-order valence-corrected chi connectivity index (χ3v) is 9.42. The van der Waals surface area contributed by atoms with Gasteiger partial charge in [0.1, 0.15) is 11.9 Å². The van der Waals surface area contributed by atoms with E-state index < -0.39 is 12.1 Å². The molecule has 1 fully saturated rings. The van der Waals surface area contributed by atoms with Crippen molar-refractivity contribution in [3.8, 4) is 5.88 Å². The number of hydrogen-bond acceptors (Lipinski definition) is 8. The molecule has 0 spiro atoms. The van der Waals surface area contributed by atoms with Crippen LogP contribution in [0.5, 0.6) is 5.88 Å². The summed E-state index contributed by atoms with van der Waals surface area (Å²) < 4.78 is 17.4. The Morgan fingerprint density at radius 1 is 1.04 bits per heavy atom. The van der Waals surface area contributed by atoms with Gasteiger partial charge < -0.3 is 36.3 Å². The van der Waals surface area contributed by atoms with Crippen molar-refractivity contribution < 1.29 is 23.8 Å². The Morgan fingerprint density at radius 3 is 2.30 bits per heavy atom. The number of hydrogen-bond donors (Lipinski definition) is 4. The van der Waals surface area contributed by atoms with Gasteiger partial charge in [-0.25, -0.2) is 4.98 Å². The third-order valence-electron chi connectivity index (χ3n) is 9.42. The molecule has 1 aromatic heterocycles. The Morgan fingerprint density at radius 2 is 1.74 bits per heavy atom. The molecular weight excluding hydrogens is 594 g/mol. The van der Waals surface area contributed by atoms with Crippen molar-refractivity contribution in [1.29, 1.82) is 0 Å². The number of carbonyl (C=O) groups excluding carboxylic acids is 2. The van der Waals surface area contributed by atoms with E-state index in [0.29, 0.717) is 42.9 Å². The number of carbonyl (C=O) groups is 2. The van der Waals surface area contributed by atoms with Crippen LogP contribution in [0, 0.1) is 35.5 Å². The summed E-state index contributed by atoms with van der Waals surface area (Å²) in [7, 11) is 3.38. The van der Waals surface area contributed by atoms with Crippen LogP contribution in [0.1, 0.15) is 91.2 Å². The molecule has 10 heteroatoms. The van der Waals surface area contributed by atoms with Crippen molar-refractivity contribution in [2.75, 3.05) is 33.9 Å². The second-order valence-electron chi connectivity index (χ2n) is 14.5. The SMILES string of the molecule is C=C(OC(CC(C(=O)NCC1CC1)C(C)C)[C@@H](N)CC(Cc1cnc(OC)c(CCCCOC)c1)C(C)C)C(NC(=O)CN)C(C)C. The zero-order valence-corrected chi connectivity index (χ0v) is 30.5. The maximum absolute atomic E-state index is 13.4. The molecule has 4 unspecified atom stereocenters. The van der Waals surface area contributed by atoms with Crippen LogP contribution in [-0.4, -0.2) is 68.9 Å². The molecule has 1 heterocycles. The third kappa shape index (κ3) is 14.1. The topological polar surface area (TPSA) is 151 Å². The Hall–Kier alpha value is -2.69. The minimum atomic E-state index is -0.482. The van der Waals surface area contributed by atoms with Crippen molar-refractivity contribution in [3.63, 3.8) is 0 Å². The van der Waals surface area contributed by atoms with Crippen LogP contribution in [0.3, 0.4) is 0 Å². The number of pyridine rings is 1. The molecule has 2 rings (SSSR count). The number of unbranched alkanes of at least 4 members (excludes halogenated alkanes) is 1. The number of ether oxygens (including phenoxy) is 3. The fraction of sp³-hybridized carbons (Fsp3) is 0.757. The maximum atomic E-state index is 13.4. The first-order chi connectivity index (χ1) is 22.3. The minimum Gasteiger partial charge on any atom is -0.492 e. The van der Waals surface area contributed by atoms with Crippen LogP contribution < -0.4 is 26.8 Å². The van der Waals surface area contributed by atoms with Crippen molar-refractivity contribution in [2.24, 2.45) is 47.0 Å². The van der Waals surface area contributed by atoms with E-state index in [2.05, 4.69) is 56.0 Å². The highest BCUT2D eigenvalue weighted by Crippen LogP contribution is 2.31. The fourth-order valence-corrected chi connectivity index (χ4v) is 6.04. The Balaban J connectivity index is 2.31. The fourth-order valence-electron chi connectivity index (χ4n) is 6.04. The molecule has 1 aliphatic carbocycles. The van der Waals surface area contributed by atoms with E-state index in [-0.39, 0.29) is 48.1 Å². The number of nitrogens with zero attached hydrogens (tertiary/aromatic N) is 1. The van der Waals surface area contributed by atoms with Gasteiger partial charge in [-0.3, -0.25) is 9.59 Å². The minimum absolute atomic E-state index is 0.0206. The Kier molecular flexibility index (Phi) is 17.8. The number of aromatic nitrogens is 1.